The predicted molar refractivity (Wildman–Crippen MR) is 158 cm³/mol. The molecule has 0 saturated heterocycles. The quantitative estimate of drug-likeness (QED) is 0.0801. The highest BCUT2D eigenvalue weighted by molar-refractivity contribution is 5.78. The smallest absolute Gasteiger partial charge is 0.307 e. The summed E-state index contributed by atoms with van der Waals surface area (Å²) in [6.45, 7) is 7.63. The molecule has 0 unspecified atom stereocenters. The van der Waals surface area contributed by atoms with E-state index in [2.05, 4.69) is 19.2 Å². The van der Waals surface area contributed by atoms with Gasteiger partial charge in [0.25, 0.3) is 0 Å². The van der Waals surface area contributed by atoms with E-state index in [9.17, 15) is 9.59 Å². The third-order valence-corrected chi connectivity index (χ3v) is 7.06. The number of unbranched alkanes of at least 4 members (excludes halogenated alkanes) is 18. The SMILES string of the molecule is CCCCCCCCCCCCNC(=O)CN(CCN)CCC(=O)OCCCCCCCCCCCC. The number of carbonyl (C=O) groups excluding carboxylic acids is 2. The minimum Gasteiger partial charge on any atom is -0.466 e. The molecule has 1 amide bonds. The van der Waals surface area contributed by atoms with Crippen molar-refractivity contribution in [2.75, 3.05) is 39.3 Å². The summed E-state index contributed by atoms with van der Waals surface area (Å²) in [6, 6.07) is 0. The van der Waals surface area contributed by atoms with E-state index < -0.39 is 0 Å². The van der Waals surface area contributed by atoms with Crippen LogP contribution in [0.1, 0.15) is 149 Å². The lowest BCUT2D eigenvalue weighted by molar-refractivity contribution is -0.144. The summed E-state index contributed by atoms with van der Waals surface area (Å²) in [7, 11) is 0. The molecule has 0 radical (unpaired) electrons. The number of nitrogens with zero attached hydrogens (tertiary/aromatic N) is 1. The Labute approximate surface area is 230 Å². The molecule has 0 saturated carbocycles. The number of nitrogens with two attached hydrogens (primary N) is 1. The Morgan fingerprint density at radius 3 is 1.59 bits per heavy atom. The summed E-state index contributed by atoms with van der Waals surface area (Å²) in [5.74, 6) is -0.160. The number of ether oxygens (including phenoxy) is 1. The van der Waals surface area contributed by atoms with Gasteiger partial charge < -0.3 is 15.8 Å². The van der Waals surface area contributed by atoms with Crippen molar-refractivity contribution in [3.8, 4) is 0 Å². The summed E-state index contributed by atoms with van der Waals surface area (Å²) in [5.41, 5.74) is 5.71. The van der Waals surface area contributed by atoms with Gasteiger partial charge >= 0.3 is 5.97 Å². The van der Waals surface area contributed by atoms with Gasteiger partial charge in [0.15, 0.2) is 0 Å². The van der Waals surface area contributed by atoms with Gasteiger partial charge in [0.2, 0.25) is 5.91 Å². The minimum atomic E-state index is -0.177. The van der Waals surface area contributed by atoms with E-state index in [0.717, 1.165) is 25.8 Å². The van der Waals surface area contributed by atoms with Crippen LogP contribution in [0.3, 0.4) is 0 Å². The topological polar surface area (TPSA) is 84.7 Å². The molecule has 0 aromatic carbocycles. The lowest BCUT2D eigenvalue weighted by Gasteiger charge is -2.20. The van der Waals surface area contributed by atoms with Crippen molar-refractivity contribution < 1.29 is 14.3 Å². The lowest BCUT2D eigenvalue weighted by atomic mass is 10.1. The number of carbonyl (C=O) groups is 2. The molecule has 0 aromatic rings. The monoisotopic (exact) mass is 525 g/mol. The summed E-state index contributed by atoms with van der Waals surface area (Å²) >= 11 is 0. The van der Waals surface area contributed by atoms with Gasteiger partial charge in [-0.25, -0.2) is 0 Å². The van der Waals surface area contributed by atoms with E-state index >= 15 is 0 Å². The molecule has 37 heavy (non-hydrogen) atoms. The number of esters is 1. The predicted octanol–water partition coefficient (Wildman–Crippen LogP) is 7.14. The van der Waals surface area contributed by atoms with Crippen LogP contribution < -0.4 is 11.1 Å². The van der Waals surface area contributed by atoms with E-state index in [-0.39, 0.29) is 11.9 Å². The molecule has 0 heterocycles. The number of hydrogen-bond acceptors (Lipinski definition) is 5. The molecule has 3 N–H and O–H groups in total. The average molecular weight is 526 g/mol. The molecule has 0 aliphatic carbocycles. The standard InChI is InChI=1S/C31H63N3O3/c1-3-5-7-9-11-13-15-17-19-21-25-33-30(35)29-34(27-24-32)26-23-31(36)37-28-22-20-18-16-14-12-10-8-6-4-2/h3-29,32H2,1-2H3,(H,33,35). The molecular formula is C31H63N3O3. The third kappa shape index (κ3) is 27.7. The van der Waals surface area contributed by atoms with Crippen LogP contribution in [-0.4, -0.2) is 56.1 Å². The number of rotatable bonds is 29. The molecule has 6 heteroatoms. The van der Waals surface area contributed by atoms with Crippen LogP contribution in [0.5, 0.6) is 0 Å². The molecule has 0 fully saturated rings. The second kappa shape index (κ2) is 29.4. The fourth-order valence-electron chi connectivity index (χ4n) is 4.65. The van der Waals surface area contributed by atoms with E-state index in [1.165, 1.54) is 109 Å². The largest absolute Gasteiger partial charge is 0.466 e. The number of nitrogens with one attached hydrogen (secondary N) is 1. The Morgan fingerprint density at radius 1 is 0.649 bits per heavy atom. The van der Waals surface area contributed by atoms with E-state index in [1.54, 1.807) is 0 Å². The van der Waals surface area contributed by atoms with Crippen LogP contribution in [0, 0.1) is 0 Å². The van der Waals surface area contributed by atoms with Gasteiger partial charge in [0, 0.05) is 26.2 Å². The van der Waals surface area contributed by atoms with Crippen molar-refractivity contribution in [2.45, 2.75) is 149 Å². The first-order valence-corrected chi connectivity index (χ1v) is 16.0. The van der Waals surface area contributed by atoms with Crippen molar-refractivity contribution in [3.63, 3.8) is 0 Å². The molecule has 0 aliphatic rings. The maximum absolute atomic E-state index is 12.3. The third-order valence-electron chi connectivity index (χ3n) is 7.06. The second-order valence-electron chi connectivity index (χ2n) is 10.7. The van der Waals surface area contributed by atoms with E-state index in [4.69, 9.17) is 10.5 Å². The van der Waals surface area contributed by atoms with Gasteiger partial charge in [-0.05, 0) is 12.8 Å². The molecule has 0 bridgehead atoms. The highest BCUT2D eigenvalue weighted by Crippen LogP contribution is 2.11. The van der Waals surface area contributed by atoms with Crippen LogP contribution in [0.25, 0.3) is 0 Å². The Hall–Kier alpha value is -1.14. The zero-order valence-corrected chi connectivity index (χ0v) is 24.8. The maximum atomic E-state index is 12.3. The van der Waals surface area contributed by atoms with Gasteiger partial charge in [0.1, 0.15) is 0 Å². The van der Waals surface area contributed by atoms with Crippen LogP contribution in [-0.2, 0) is 14.3 Å². The zero-order valence-electron chi connectivity index (χ0n) is 24.8. The molecule has 0 atom stereocenters. The molecule has 220 valence electrons. The zero-order chi connectivity index (χ0) is 27.2. The average Bonchev–Trinajstić information content (AvgIpc) is 2.89. The Kier molecular flexibility index (Phi) is 28.5. The van der Waals surface area contributed by atoms with Crippen molar-refractivity contribution in [2.24, 2.45) is 5.73 Å². The maximum Gasteiger partial charge on any atom is 0.307 e. The van der Waals surface area contributed by atoms with E-state index in [1.807, 2.05) is 4.90 Å². The van der Waals surface area contributed by atoms with Gasteiger partial charge in [-0.1, -0.05) is 129 Å². The van der Waals surface area contributed by atoms with Crippen molar-refractivity contribution >= 4 is 11.9 Å². The van der Waals surface area contributed by atoms with Gasteiger partial charge in [0.05, 0.1) is 19.6 Å². The normalized spacial score (nSPS) is 11.2. The highest BCUT2D eigenvalue weighted by Gasteiger charge is 2.12. The van der Waals surface area contributed by atoms with E-state index in [0.29, 0.717) is 39.2 Å². The highest BCUT2D eigenvalue weighted by atomic mass is 16.5. The molecule has 0 spiro atoms. The van der Waals surface area contributed by atoms with Gasteiger partial charge in [-0.3, -0.25) is 14.5 Å². The molecule has 0 aliphatic heterocycles. The summed E-state index contributed by atoms with van der Waals surface area (Å²) in [4.78, 5) is 26.4. The van der Waals surface area contributed by atoms with Crippen molar-refractivity contribution in [3.05, 3.63) is 0 Å². The van der Waals surface area contributed by atoms with Crippen molar-refractivity contribution in [1.82, 2.24) is 10.2 Å². The summed E-state index contributed by atoms with van der Waals surface area (Å²) < 4.78 is 5.39. The minimum absolute atomic E-state index is 0.0168. The van der Waals surface area contributed by atoms with Crippen molar-refractivity contribution in [1.29, 1.82) is 0 Å². The Balaban J connectivity index is 3.68. The Morgan fingerprint density at radius 2 is 1.11 bits per heavy atom. The number of hydrogen-bond donors (Lipinski definition) is 2. The lowest BCUT2D eigenvalue weighted by Crippen LogP contribution is -2.40. The van der Waals surface area contributed by atoms with Crippen LogP contribution in [0.15, 0.2) is 0 Å². The molecule has 6 nitrogen and oxygen atoms in total. The molecular weight excluding hydrogens is 462 g/mol. The fraction of sp³-hybridized carbons (Fsp3) is 0.935. The van der Waals surface area contributed by atoms with Crippen LogP contribution >= 0.6 is 0 Å². The first-order chi connectivity index (χ1) is 18.1. The second-order valence-corrected chi connectivity index (χ2v) is 10.7. The first kappa shape index (κ1) is 35.9. The van der Waals surface area contributed by atoms with Gasteiger partial charge in [-0.2, -0.15) is 0 Å². The first-order valence-electron chi connectivity index (χ1n) is 16.0. The van der Waals surface area contributed by atoms with Crippen LogP contribution in [0.4, 0.5) is 0 Å². The summed E-state index contributed by atoms with van der Waals surface area (Å²) in [5, 5.41) is 3.02. The molecule has 0 aromatic heterocycles. The number of amides is 1. The van der Waals surface area contributed by atoms with Crippen LogP contribution in [0.2, 0.25) is 0 Å². The molecule has 0 rings (SSSR count). The fourth-order valence-corrected chi connectivity index (χ4v) is 4.65. The summed E-state index contributed by atoms with van der Waals surface area (Å²) in [6.07, 6.45) is 25.9. The van der Waals surface area contributed by atoms with Gasteiger partial charge in [-0.15, -0.1) is 0 Å². The Bertz CT molecular complexity index is 502.